The molecule has 29 aromatic carbocycles. The number of non-ortho nitro benzene ring substituents is 1. The number of esters is 2. The van der Waals surface area contributed by atoms with Gasteiger partial charge in [-0.1, -0.05) is 0 Å². The average Bonchev–Trinajstić information content (AvgIpc) is 1.41. The van der Waals surface area contributed by atoms with E-state index in [-0.39, 0.29) is 16.3 Å². The zero-order valence-electron chi connectivity index (χ0n) is 40.7. The number of carbonyl (C=O) groups excluding carboxylic acids is 2. The minimum absolute atomic E-state index is 0.0438. The molecule has 34 rings (SSSR count). The van der Waals surface area contributed by atoms with Gasteiger partial charge in [0.2, 0.25) is 0 Å². The van der Waals surface area contributed by atoms with Crippen LogP contribution in [0.15, 0.2) is 35.5 Å². The molecule has 0 saturated heterocycles. The van der Waals surface area contributed by atoms with Crippen LogP contribution in [0, 0.1) is 10.1 Å². The first-order chi connectivity index (χ1) is 39.5. The van der Waals surface area contributed by atoms with Crippen LogP contribution in [0.4, 0.5) is 11.4 Å². The molecule has 0 radical (unpaired) electrons. The lowest BCUT2D eigenvalue weighted by atomic mass is 9.51. The molecule has 0 N–H and O–H groups in total. The lowest BCUT2D eigenvalue weighted by molar-refractivity contribution is -0.384. The summed E-state index contributed by atoms with van der Waals surface area (Å²) in [4.78, 5) is 47.1. The van der Waals surface area contributed by atoms with Gasteiger partial charge in [-0.15, -0.1) is 0 Å². The number of nitrogens with zero attached hydrogens (tertiary/aromatic N) is 2. The van der Waals surface area contributed by atoms with Gasteiger partial charge in [0.25, 0.3) is 5.69 Å². The van der Waals surface area contributed by atoms with E-state index in [1.165, 1.54) is 316 Å². The molecule has 0 unspecified atom stereocenters. The average molecular weight is 999 g/mol. The van der Waals surface area contributed by atoms with E-state index in [0.717, 1.165) is 11.1 Å². The number of methoxy groups -OCH3 is 2. The molecule has 5 aliphatic rings. The molecular weight excluding hydrogens is 989 g/mol. The van der Waals surface area contributed by atoms with Crippen molar-refractivity contribution in [1.82, 2.24) is 0 Å². The predicted molar refractivity (Wildman–Crippen MR) is 321 cm³/mol. The van der Waals surface area contributed by atoms with Crippen molar-refractivity contribution in [1.29, 1.82) is 0 Å². The van der Waals surface area contributed by atoms with Crippen LogP contribution < -0.4 is 4.90 Å². The number of ether oxygens (including phenoxy) is 2. The number of nitro groups is 1. The molecule has 8 heteroatoms. The van der Waals surface area contributed by atoms with Crippen molar-refractivity contribution in [2.75, 3.05) is 19.1 Å². The van der Waals surface area contributed by atoms with Crippen LogP contribution in [0.3, 0.4) is 0 Å². The Balaban J connectivity index is 1.10. The molecule has 1 heterocycles. The fourth-order valence-corrected chi connectivity index (χ4v) is 26.2. The summed E-state index contributed by atoms with van der Waals surface area (Å²) in [5, 5.41) is 89.0. The molecule has 0 fully saturated rings. The van der Waals surface area contributed by atoms with E-state index in [9.17, 15) is 10.1 Å². The molecule has 0 saturated carbocycles. The summed E-state index contributed by atoms with van der Waals surface area (Å²) in [6.45, 7) is 0. The Bertz CT molecular complexity index is 7800. The first-order valence-corrected chi connectivity index (χ1v) is 28.2. The number of hydrogen-bond donors (Lipinski definition) is 0. The van der Waals surface area contributed by atoms with Gasteiger partial charge in [0.05, 0.1) is 30.1 Å². The molecule has 80 heavy (non-hydrogen) atoms. The standard InChI is InChI=1S/C72H10N2O6/c1-79-69(75)67-68(70(76)80-2)73(7-3-5-8(6-4-7)74(77)78)72-65-59-53-43-31-23-15-11-9-10-13-17(15)25(31)35-29-21(13)22-14(10)18-16-12(9)20-19(11)27-33(23)41-47-37(27)38-28(20)34-24(16)32-26(18)36-30(22)40-39(29)51(45(35)53)61(65)62-52(40)46(36)54-44(32)50-42(34)48(38)56-55(47)63(57(59)49(41)43)71(67,72)64(56)58(50)60(54)66(62)72/h3-6H,1-2H3. The third-order valence-electron chi connectivity index (χ3n) is 26.5. The number of rotatable bonds is 4. The Morgan fingerprint density at radius 3 is 0.762 bits per heavy atom. The highest BCUT2D eigenvalue weighted by molar-refractivity contribution is 6.82. The maximum Gasteiger partial charge on any atom is 0.355 e. The smallest absolute Gasteiger partial charge is 0.355 e. The lowest BCUT2D eigenvalue weighted by Crippen LogP contribution is -2.58. The summed E-state index contributed by atoms with van der Waals surface area (Å²) < 4.78 is 12.4. The van der Waals surface area contributed by atoms with Gasteiger partial charge in [-0.25, -0.2) is 9.59 Å². The molecule has 0 atom stereocenters. The topological polar surface area (TPSA) is 99.0 Å². The highest BCUT2D eigenvalue weighted by Gasteiger charge is 2.79. The van der Waals surface area contributed by atoms with Crippen molar-refractivity contribution in [2.45, 2.75) is 11.0 Å². The van der Waals surface area contributed by atoms with E-state index in [0.29, 0.717) is 11.3 Å². The summed E-state index contributed by atoms with van der Waals surface area (Å²) in [6.07, 6.45) is 0. The predicted octanol–water partition coefficient (Wildman–Crippen LogP) is 17.3. The van der Waals surface area contributed by atoms with Gasteiger partial charge in [0.1, 0.15) is 11.2 Å². The zero-order chi connectivity index (χ0) is 49.3. The summed E-state index contributed by atoms with van der Waals surface area (Å²) in [7, 11) is 2.91. The number of nitro benzene ring substituents is 1. The Labute approximate surface area is 433 Å². The number of benzene rings is 19. The molecule has 0 bridgehead atoms. The van der Waals surface area contributed by atoms with E-state index < -0.39 is 22.9 Å². The third-order valence-corrected chi connectivity index (χ3v) is 26.5. The van der Waals surface area contributed by atoms with Crippen LogP contribution in [-0.2, 0) is 30.0 Å². The van der Waals surface area contributed by atoms with Crippen molar-refractivity contribution in [3.05, 3.63) is 67.9 Å². The van der Waals surface area contributed by atoms with Gasteiger partial charge >= 0.3 is 11.9 Å². The van der Waals surface area contributed by atoms with Crippen LogP contribution in [0.1, 0.15) is 22.3 Å². The monoisotopic (exact) mass is 998 g/mol. The molecule has 344 valence electrons. The van der Waals surface area contributed by atoms with Crippen molar-refractivity contribution >= 4 is 314 Å². The molecule has 8 nitrogen and oxygen atoms in total. The quantitative estimate of drug-likeness (QED) is 0.0749. The molecule has 4 aliphatic carbocycles. The summed E-state index contributed by atoms with van der Waals surface area (Å²) in [5.41, 5.74) is 3.06. The van der Waals surface area contributed by atoms with Crippen molar-refractivity contribution < 1.29 is 24.0 Å². The maximum absolute atomic E-state index is 16.5. The SMILES string of the molecule is COC(=O)C1=C(C(=O)OC)C23c4c5c6c7c8c9c(c%10c%11c2c2c4c4c%12c5c5c6c6c8c8c%13c9c9c%10c%10c%11c%11c2c2c4c4c%12c%12c5c5c6c8c6c8c%13c9c9c%10c%10c%11c2c2c4c4c%12c5c6c5c8c9c%10c2c45)C73N1c1ccc([N+](=O)[O-])cc1. The van der Waals surface area contributed by atoms with E-state index >= 15 is 9.59 Å². The Morgan fingerprint density at radius 1 is 0.338 bits per heavy atom. The fraction of sp³-hybridized carbons (Fsp3) is 0.0556. The summed E-state index contributed by atoms with van der Waals surface area (Å²) in [5.74, 6) is -1.17. The first-order valence-electron chi connectivity index (χ1n) is 28.2. The second-order valence-corrected chi connectivity index (χ2v) is 27.0. The zero-order valence-corrected chi connectivity index (χ0v) is 40.7. The van der Waals surface area contributed by atoms with Gasteiger partial charge in [-0.05, 0) is 314 Å². The summed E-state index contributed by atoms with van der Waals surface area (Å²) >= 11 is 0. The third kappa shape index (κ3) is 1.76. The number of carbonyl (C=O) groups is 2. The van der Waals surface area contributed by atoms with Crippen molar-refractivity contribution in [3.8, 4) is 0 Å². The van der Waals surface area contributed by atoms with Crippen LogP contribution in [-0.4, -0.2) is 31.1 Å². The molecule has 0 aromatic heterocycles. The van der Waals surface area contributed by atoms with Gasteiger partial charge in [-0.2, -0.15) is 0 Å². The lowest BCUT2D eigenvalue weighted by Gasteiger charge is -2.54. The largest absolute Gasteiger partial charge is 0.466 e. The highest BCUT2D eigenvalue weighted by Crippen LogP contribution is 2.87. The maximum atomic E-state index is 16.5. The van der Waals surface area contributed by atoms with Crippen LogP contribution in [0.5, 0.6) is 0 Å². The Hall–Kier alpha value is -10.4. The van der Waals surface area contributed by atoms with Gasteiger partial charge in [0.15, 0.2) is 0 Å². The number of hydrogen-bond acceptors (Lipinski definition) is 7. The van der Waals surface area contributed by atoms with E-state index in [4.69, 9.17) is 9.47 Å². The molecule has 1 aliphatic heterocycles. The Kier molecular flexibility index (Phi) is 2.93. The van der Waals surface area contributed by atoms with Gasteiger partial charge in [-0.3, -0.25) is 10.1 Å². The van der Waals surface area contributed by atoms with Crippen LogP contribution in [0.2, 0.25) is 0 Å². The van der Waals surface area contributed by atoms with Crippen LogP contribution >= 0.6 is 0 Å². The summed E-state index contributed by atoms with van der Waals surface area (Å²) in [6, 6.07) is 6.83. The fourth-order valence-electron chi connectivity index (χ4n) is 26.2. The highest BCUT2D eigenvalue weighted by atomic mass is 16.6. The normalized spacial score (nSPS) is 21.1. The molecule has 0 amide bonds. The van der Waals surface area contributed by atoms with E-state index in [2.05, 4.69) is 4.90 Å². The number of anilines is 1. The van der Waals surface area contributed by atoms with Crippen LogP contribution in [0.25, 0.3) is 291 Å². The van der Waals surface area contributed by atoms with E-state index in [1.807, 2.05) is 12.1 Å². The first kappa shape index (κ1) is 31.7. The molecule has 29 aromatic rings. The van der Waals surface area contributed by atoms with Gasteiger partial charge in [0, 0.05) is 28.9 Å². The second-order valence-electron chi connectivity index (χ2n) is 27.0. The van der Waals surface area contributed by atoms with E-state index in [1.54, 1.807) is 12.1 Å². The second kappa shape index (κ2) is 7.41. The van der Waals surface area contributed by atoms with Crippen molar-refractivity contribution in [2.24, 2.45) is 0 Å². The molecule has 2 spiro atoms. The minimum Gasteiger partial charge on any atom is -0.466 e. The van der Waals surface area contributed by atoms with Gasteiger partial charge < -0.3 is 14.4 Å². The minimum atomic E-state index is -1.35. The Morgan fingerprint density at radius 2 is 0.550 bits per heavy atom. The van der Waals surface area contributed by atoms with Crippen molar-refractivity contribution in [3.63, 3.8) is 0 Å². The molecular formula is C72H10N2O6.